The number of nitro benzene ring substituents is 2. The summed E-state index contributed by atoms with van der Waals surface area (Å²) in [6, 6.07) is 12.0. The molecule has 0 fully saturated rings. The number of benzene rings is 2. The third-order valence-electron chi connectivity index (χ3n) is 6.16. The molecule has 0 aromatic heterocycles. The molecular weight excluding hydrogens is 498 g/mol. The third-order valence-corrected chi connectivity index (χ3v) is 6.16. The van der Waals surface area contributed by atoms with Gasteiger partial charge in [-0.15, -0.1) is 0 Å². The zero-order chi connectivity index (χ0) is 28.2. The molecule has 2 aromatic rings. The van der Waals surface area contributed by atoms with Crippen molar-refractivity contribution in [2.75, 3.05) is 19.6 Å². The maximum absolute atomic E-state index is 13.3. The lowest BCUT2D eigenvalue weighted by atomic mass is 9.76. The Morgan fingerprint density at radius 2 is 1.66 bits per heavy atom. The van der Waals surface area contributed by atoms with Crippen LogP contribution in [0.3, 0.4) is 0 Å². The molecule has 1 heterocycles. The van der Waals surface area contributed by atoms with Gasteiger partial charge in [0.25, 0.3) is 5.69 Å². The molecule has 1 aliphatic rings. The monoisotopic (exact) mass is 523 g/mol. The van der Waals surface area contributed by atoms with E-state index in [1.54, 1.807) is 38.1 Å². The van der Waals surface area contributed by atoms with Crippen LogP contribution in [0.25, 0.3) is 5.57 Å². The number of carbonyl (C=O) groups is 2. The third kappa shape index (κ3) is 4.81. The molecule has 13 heteroatoms. The Balaban J connectivity index is 2.20. The van der Waals surface area contributed by atoms with Gasteiger partial charge in [-0.1, -0.05) is 30.3 Å². The second-order valence-electron chi connectivity index (χ2n) is 8.25. The molecule has 198 valence electrons. The van der Waals surface area contributed by atoms with Crippen LogP contribution < -0.4 is 10.7 Å². The molecule has 2 N–H and O–H groups in total. The number of hydrogen-bond donors (Lipinski definition) is 2. The number of allylic oxidation sites excluding steroid dienone is 1. The predicted molar refractivity (Wildman–Crippen MR) is 138 cm³/mol. The molecule has 1 atom stereocenters. The fourth-order valence-electron chi connectivity index (χ4n) is 4.30. The van der Waals surface area contributed by atoms with Gasteiger partial charge in [-0.3, -0.25) is 25.7 Å². The van der Waals surface area contributed by atoms with Crippen molar-refractivity contribution in [3.05, 3.63) is 91.2 Å². The summed E-state index contributed by atoms with van der Waals surface area (Å²) in [7, 11) is 2.39. The maximum atomic E-state index is 13.3. The molecule has 0 bridgehead atoms. The summed E-state index contributed by atoms with van der Waals surface area (Å²) in [5.41, 5.74) is 1.56. The smallest absolute Gasteiger partial charge is 0.342 e. The van der Waals surface area contributed by atoms with E-state index in [0.717, 1.165) is 18.2 Å². The van der Waals surface area contributed by atoms with E-state index in [2.05, 4.69) is 15.8 Å². The summed E-state index contributed by atoms with van der Waals surface area (Å²) >= 11 is 0. The lowest BCUT2D eigenvalue weighted by molar-refractivity contribution is -0.393. The van der Waals surface area contributed by atoms with E-state index in [-0.39, 0.29) is 22.5 Å². The fourth-order valence-corrected chi connectivity index (χ4v) is 4.30. The number of ether oxygens (including phenoxy) is 2. The Bertz CT molecular complexity index is 1410. The maximum Gasteiger partial charge on any atom is 0.342 e. The summed E-state index contributed by atoms with van der Waals surface area (Å²) < 4.78 is 10.1. The number of nitro groups is 2. The number of esters is 2. The topological polar surface area (TPSA) is 175 Å². The van der Waals surface area contributed by atoms with Crippen LogP contribution in [0.1, 0.15) is 26.3 Å². The average molecular weight is 524 g/mol. The van der Waals surface area contributed by atoms with E-state index < -0.39 is 38.7 Å². The van der Waals surface area contributed by atoms with Gasteiger partial charge in [0, 0.05) is 17.3 Å². The molecule has 0 aliphatic carbocycles. The lowest BCUT2D eigenvalue weighted by Crippen LogP contribution is -2.60. The van der Waals surface area contributed by atoms with Crippen LogP contribution in [0, 0.1) is 20.2 Å². The van der Waals surface area contributed by atoms with Crippen molar-refractivity contribution in [3.8, 4) is 0 Å². The van der Waals surface area contributed by atoms with Crippen molar-refractivity contribution in [3.63, 3.8) is 0 Å². The Kier molecular flexibility index (Phi) is 7.90. The first-order valence-corrected chi connectivity index (χ1v) is 11.2. The van der Waals surface area contributed by atoms with E-state index in [9.17, 15) is 29.8 Å². The minimum Gasteiger partial charge on any atom is -0.467 e. The van der Waals surface area contributed by atoms with Crippen molar-refractivity contribution in [1.82, 2.24) is 5.32 Å². The molecule has 0 spiro atoms. The van der Waals surface area contributed by atoms with Gasteiger partial charge < -0.3 is 14.8 Å². The zero-order valence-electron chi connectivity index (χ0n) is 21.2. The van der Waals surface area contributed by atoms with Crippen LogP contribution in [0.15, 0.2) is 70.5 Å². The molecule has 13 nitrogen and oxygen atoms in total. The number of hydrazone groups is 1. The number of hydrogen-bond acceptors (Lipinski definition) is 11. The second kappa shape index (κ2) is 10.9. The van der Waals surface area contributed by atoms with E-state index in [0.29, 0.717) is 16.8 Å². The van der Waals surface area contributed by atoms with E-state index in [1.807, 2.05) is 6.07 Å². The number of nitrogens with zero attached hydrogens (tertiary/aromatic N) is 3. The van der Waals surface area contributed by atoms with Gasteiger partial charge in [0.2, 0.25) is 0 Å². The van der Waals surface area contributed by atoms with E-state index in [4.69, 9.17) is 9.47 Å². The van der Waals surface area contributed by atoms with Gasteiger partial charge in [0.05, 0.1) is 41.4 Å². The van der Waals surface area contributed by atoms with Gasteiger partial charge in [-0.25, -0.2) is 9.59 Å². The molecule has 38 heavy (non-hydrogen) atoms. The molecule has 0 amide bonds. The van der Waals surface area contributed by atoms with Crippen LogP contribution in [0.2, 0.25) is 0 Å². The first-order valence-electron chi connectivity index (χ1n) is 11.2. The number of rotatable bonds is 8. The SMILES string of the molecule is COC(=O)C1=C(C)[C@@](C(=O)OC)(/C(C)=N/Nc2ccc([N+](=O)[O-])cc2[N+](=O)[O-])NC(C)=C1c1ccccc1. The largest absolute Gasteiger partial charge is 0.467 e. The highest BCUT2D eigenvalue weighted by atomic mass is 16.6. The van der Waals surface area contributed by atoms with E-state index >= 15 is 0 Å². The van der Waals surface area contributed by atoms with Crippen LogP contribution in [-0.2, 0) is 19.1 Å². The number of nitrogens with one attached hydrogen (secondary N) is 2. The summed E-state index contributed by atoms with van der Waals surface area (Å²) in [5, 5.41) is 29.9. The van der Waals surface area contributed by atoms with Crippen LogP contribution in [-0.4, -0.2) is 47.3 Å². The number of carbonyl (C=O) groups excluding carboxylic acids is 2. The molecule has 0 saturated carbocycles. The predicted octanol–water partition coefficient (Wildman–Crippen LogP) is 3.73. The Morgan fingerprint density at radius 1 is 1.00 bits per heavy atom. The van der Waals surface area contributed by atoms with Gasteiger partial charge in [-0.05, 0) is 38.0 Å². The van der Waals surface area contributed by atoms with Gasteiger partial charge in [0.1, 0.15) is 5.69 Å². The summed E-state index contributed by atoms with van der Waals surface area (Å²) in [6.45, 7) is 4.70. The minimum atomic E-state index is -1.79. The number of anilines is 1. The second-order valence-corrected chi connectivity index (χ2v) is 8.25. The first-order chi connectivity index (χ1) is 18.0. The van der Waals surface area contributed by atoms with Crippen molar-refractivity contribution >= 4 is 40.3 Å². The molecule has 3 rings (SSSR count). The first kappa shape index (κ1) is 27.5. The van der Waals surface area contributed by atoms with Crippen LogP contribution in [0.5, 0.6) is 0 Å². The Morgan fingerprint density at radius 3 is 2.21 bits per heavy atom. The van der Waals surface area contributed by atoms with Gasteiger partial charge in [0.15, 0.2) is 5.54 Å². The highest BCUT2D eigenvalue weighted by Crippen LogP contribution is 2.39. The van der Waals surface area contributed by atoms with Crippen molar-refractivity contribution in [2.24, 2.45) is 5.10 Å². The van der Waals surface area contributed by atoms with Crippen LogP contribution >= 0.6 is 0 Å². The zero-order valence-corrected chi connectivity index (χ0v) is 21.2. The van der Waals surface area contributed by atoms with Gasteiger partial charge >= 0.3 is 17.6 Å². The molecule has 0 radical (unpaired) electrons. The molecule has 2 aromatic carbocycles. The Hall–Kier alpha value is -5.07. The lowest BCUT2D eigenvalue weighted by Gasteiger charge is -2.39. The van der Waals surface area contributed by atoms with Crippen molar-refractivity contribution in [1.29, 1.82) is 0 Å². The number of methoxy groups -OCH3 is 2. The summed E-state index contributed by atoms with van der Waals surface area (Å²) in [4.78, 5) is 47.4. The molecule has 0 unspecified atom stereocenters. The quantitative estimate of drug-likeness (QED) is 0.224. The standard InChI is InChI=1S/C25H25N5O8/c1-14-21(23(31)37-4)22(17-9-7-6-8-10-17)15(2)26-25(14,24(32)38-5)16(3)27-28-19-12-11-18(29(33)34)13-20(19)30(35)36/h6-13,26,28H,1-5H3/b27-16+/t25-/m0/s1. The average Bonchev–Trinajstić information content (AvgIpc) is 2.91. The molecular formula is C25H25N5O8. The number of dihydropyridines is 1. The molecule has 0 saturated heterocycles. The highest BCUT2D eigenvalue weighted by molar-refractivity contribution is 6.19. The minimum absolute atomic E-state index is 0.0439. The Labute approximate surface area is 217 Å². The van der Waals surface area contributed by atoms with Crippen molar-refractivity contribution < 1.29 is 28.9 Å². The molecule has 1 aliphatic heterocycles. The fraction of sp³-hybridized carbons (Fsp3) is 0.240. The number of non-ortho nitro benzene ring substituents is 1. The van der Waals surface area contributed by atoms with Gasteiger partial charge in [-0.2, -0.15) is 5.10 Å². The summed E-state index contributed by atoms with van der Waals surface area (Å²) in [5.74, 6) is -1.49. The van der Waals surface area contributed by atoms with E-state index in [1.165, 1.54) is 21.1 Å². The van der Waals surface area contributed by atoms with Crippen LogP contribution in [0.4, 0.5) is 17.1 Å². The summed E-state index contributed by atoms with van der Waals surface area (Å²) in [6.07, 6.45) is 0. The normalized spacial score (nSPS) is 17.4. The highest BCUT2D eigenvalue weighted by Gasteiger charge is 2.50. The van der Waals surface area contributed by atoms with Crippen molar-refractivity contribution in [2.45, 2.75) is 26.3 Å².